The van der Waals surface area contributed by atoms with Crippen molar-refractivity contribution in [1.29, 1.82) is 0 Å². The molecule has 0 bridgehead atoms. The number of benzene rings is 5. The fourth-order valence-corrected chi connectivity index (χ4v) is 4.55. The number of rotatable bonds is 4. The summed E-state index contributed by atoms with van der Waals surface area (Å²) >= 11 is 6.49. The molecule has 31 heavy (non-hydrogen) atoms. The molecule has 5 aromatic carbocycles. The first kappa shape index (κ1) is 19.7. The molecule has 0 fully saturated rings. The monoisotopic (exact) mass is 422 g/mol. The minimum absolute atomic E-state index is 0.659. The number of aryl methyl sites for hydroxylation is 1. The van der Waals surface area contributed by atoms with Gasteiger partial charge in [0.25, 0.3) is 0 Å². The Balaban J connectivity index is 1.89. The molecule has 0 N–H and O–H groups in total. The zero-order valence-electron chi connectivity index (χ0n) is 17.7. The van der Waals surface area contributed by atoms with Crippen LogP contribution in [0.5, 0.6) is 5.75 Å². The van der Waals surface area contributed by atoms with E-state index in [1.165, 1.54) is 38.4 Å². The molecule has 0 amide bonds. The van der Waals surface area contributed by atoms with Gasteiger partial charge < -0.3 is 4.74 Å². The zero-order chi connectivity index (χ0) is 21.4. The molecule has 152 valence electrons. The highest BCUT2D eigenvalue weighted by Gasteiger charge is 2.17. The average molecular weight is 423 g/mol. The number of ether oxygens (including phenoxy) is 1. The summed E-state index contributed by atoms with van der Waals surface area (Å²) in [7, 11) is 0. The van der Waals surface area contributed by atoms with E-state index in [9.17, 15) is 0 Å². The van der Waals surface area contributed by atoms with Crippen molar-refractivity contribution in [3.63, 3.8) is 0 Å². The van der Waals surface area contributed by atoms with Crippen LogP contribution >= 0.6 is 11.6 Å². The lowest BCUT2D eigenvalue weighted by atomic mass is 9.86. The van der Waals surface area contributed by atoms with Gasteiger partial charge in [0.1, 0.15) is 5.75 Å². The van der Waals surface area contributed by atoms with Crippen molar-refractivity contribution in [2.45, 2.75) is 13.8 Å². The minimum Gasteiger partial charge on any atom is -0.494 e. The second-order valence-corrected chi connectivity index (χ2v) is 8.25. The second kappa shape index (κ2) is 8.09. The van der Waals surface area contributed by atoms with Gasteiger partial charge in [0.2, 0.25) is 0 Å². The molecule has 0 aliphatic heterocycles. The third kappa shape index (κ3) is 3.56. The summed E-state index contributed by atoms with van der Waals surface area (Å²) in [5.41, 5.74) is 6.07. The van der Waals surface area contributed by atoms with E-state index < -0.39 is 0 Å². The van der Waals surface area contributed by atoms with Crippen LogP contribution in [0.2, 0.25) is 5.02 Å². The van der Waals surface area contributed by atoms with E-state index in [1.54, 1.807) is 0 Å². The molecule has 0 aliphatic rings. The fraction of sp³-hybridized carbons (Fsp3) is 0.103. The number of fused-ring (bicyclic) bond motifs is 2. The zero-order valence-corrected chi connectivity index (χ0v) is 18.4. The second-order valence-electron chi connectivity index (χ2n) is 7.81. The van der Waals surface area contributed by atoms with Crippen LogP contribution in [0.25, 0.3) is 43.8 Å². The van der Waals surface area contributed by atoms with Gasteiger partial charge in [0.15, 0.2) is 0 Å². The predicted octanol–water partition coefficient (Wildman–Crippen LogP) is 8.69. The topological polar surface area (TPSA) is 9.23 Å². The Labute approximate surface area is 187 Å². The summed E-state index contributed by atoms with van der Waals surface area (Å²) in [5, 5.41) is 5.56. The van der Waals surface area contributed by atoms with Gasteiger partial charge in [-0.15, -0.1) is 0 Å². The summed E-state index contributed by atoms with van der Waals surface area (Å²) in [6.07, 6.45) is 0. The summed E-state index contributed by atoms with van der Waals surface area (Å²) in [5.74, 6) is 0.883. The van der Waals surface area contributed by atoms with Crippen molar-refractivity contribution in [1.82, 2.24) is 0 Å². The largest absolute Gasteiger partial charge is 0.494 e. The Hall–Kier alpha value is -3.29. The molecule has 0 aromatic heterocycles. The van der Waals surface area contributed by atoms with Gasteiger partial charge in [0, 0.05) is 5.02 Å². The van der Waals surface area contributed by atoms with Gasteiger partial charge in [0.05, 0.1) is 6.61 Å². The third-order valence-electron chi connectivity index (χ3n) is 5.78. The van der Waals surface area contributed by atoms with Gasteiger partial charge in [-0.25, -0.2) is 0 Å². The Bertz CT molecular complexity index is 1380. The first-order valence-corrected chi connectivity index (χ1v) is 11.0. The lowest BCUT2D eigenvalue weighted by molar-refractivity contribution is 0.340. The van der Waals surface area contributed by atoms with E-state index in [0.29, 0.717) is 6.61 Å². The van der Waals surface area contributed by atoms with Crippen LogP contribution in [0.15, 0.2) is 91.0 Å². The summed E-state index contributed by atoms with van der Waals surface area (Å²) in [6.45, 7) is 4.78. The molecule has 0 heterocycles. The first-order chi connectivity index (χ1) is 15.2. The molecule has 0 unspecified atom stereocenters. The predicted molar refractivity (Wildman–Crippen MR) is 133 cm³/mol. The van der Waals surface area contributed by atoms with Gasteiger partial charge in [-0.3, -0.25) is 0 Å². The molecular formula is C29H23ClO. The maximum Gasteiger partial charge on any atom is 0.119 e. The summed E-state index contributed by atoms with van der Waals surface area (Å²) in [6, 6.07) is 32.0. The van der Waals surface area contributed by atoms with E-state index in [4.69, 9.17) is 16.3 Å². The molecule has 0 aliphatic carbocycles. The molecule has 1 nitrogen and oxygen atoms in total. The molecule has 0 radical (unpaired) electrons. The molecule has 0 spiro atoms. The van der Waals surface area contributed by atoms with Crippen LogP contribution in [-0.4, -0.2) is 6.61 Å². The molecule has 0 saturated carbocycles. The SMILES string of the molecule is CCOc1ccc(-c2c3ccccc3c(-c3ccc(C)cc3)c3ccc(Cl)cc23)cc1. The highest BCUT2D eigenvalue weighted by Crippen LogP contribution is 2.44. The molecule has 2 heteroatoms. The van der Waals surface area contributed by atoms with Crippen LogP contribution < -0.4 is 4.74 Å². The van der Waals surface area contributed by atoms with Crippen LogP contribution in [0.1, 0.15) is 12.5 Å². The van der Waals surface area contributed by atoms with Crippen LogP contribution in [-0.2, 0) is 0 Å². The third-order valence-corrected chi connectivity index (χ3v) is 6.02. The number of hydrogen-bond donors (Lipinski definition) is 0. The average Bonchev–Trinajstić information content (AvgIpc) is 2.79. The maximum atomic E-state index is 6.49. The van der Waals surface area contributed by atoms with Gasteiger partial charge >= 0.3 is 0 Å². The van der Waals surface area contributed by atoms with Crippen molar-refractivity contribution >= 4 is 33.1 Å². The molecule has 0 saturated heterocycles. The highest BCUT2D eigenvalue weighted by molar-refractivity contribution is 6.32. The maximum absolute atomic E-state index is 6.49. The Morgan fingerprint density at radius 3 is 1.81 bits per heavy atom. The first-order valence-electron chi connectivity index (χ1n) is 10.6. The quantitative estimate of drug-likeness (QED) is 0.263. The van der Waals surface area contributed by atoms with Crippen molar-refractivity contribution in [2.75, 3.05) is 6.61 Å². The smallest absolute Gasteiger partial charge is 0.119 e. The molecular weight excluding hydrogens is 400 g/mol. The highest BCUT2D eigenvalue weighted by atomic mass is 35.5. The minimum atomic E-state index is 0.659. The number of halogens is 1. The van der Waals surface area contributed by atoms with E-state index in [-0.39, 0.29) is 0 Å². The van der Waals surface area contributed by atoms with Crippen molar-refractivity contribution in [3.8, 4) is 28.0 Å². The van der Waals surface area contributed by atoms with Crippen molar-refractivity contribution in [2.24, 2.45) is 0 Å². The van der Waals surface area contributed by atoms with Crippen LogP contribution in [0.4, 0.5) is 0 Å². The van der Waals surface area contributed by atoms with E-state index >= 15 is 0 Å². The van der Waals surface area contributed by atoms with Gasteiger partial charge in [-0.2, -0.15) is 0 Å². The van der Waals surface area contributed by atoms with Crippen molar-refractivity contribution in [3.05, 3.63) is 102 Å². The van der Waals surface area contributed by atoms with Crippen LogP contribution in [0, 0.1) is 6.92 Å². The van der Waals surface area contributed by atoms with Gasteiger partial charge in [-0.05, 0) is 81.9 Å². The standard InChI is InChI=1S/C29H23ClO/c1-3-31-23-15-12-21(13-16-23)29-25-7-5-4-6-24(25)28(20-10-8-19(2)9-11-20)26-17-14-22(30)18-27(26)29/h4-18H,3H2,1-2H3. The summed E-state index contributed by atoms with van der Waals surface area (Å²) < 4.78 is 5.66. The van der Waals surface area contributed by atoms with Gasteiger partial charge in [-0.1, -0.05) is 83.9 Å². The van der Waals surface area contributed by atoms with Crippen LogP contribution in [0.3, 0.4) is 0 Å². The Kier molecular flexibility index (Phi) is 5.13. The molecule has 5 rings (SSSR count). The lowest BCUT2D eigenvalue weighted by Crippen LogP contribution is -1.93. The normalized spacial score (nSPS) is 11.2. The molecule has 0 atom stereocenters. The Morgan fingerprint density at radius 1 is 0.645 bits per heavy atom. The Morgan fingerprint density at radius 2 is 1.19 bits per heavy atom. The number of hydrogen-bond acceptors (Lipinski definition) is 1. The molecule has 5 aromatic rings. The fourth-order valence-electron chi connectivity index (χ4n) is 4.38. The van der Waals surface area contributed by atoms with Crippen molar-refractivity contribution < 1.29 is 4.74 Å². The van der Waals surface area contributed by atoms with E-state index in [2.05, 4.69) is 79.7 Å². The summed E-state index contributed by atoms with van der Waals surface area (Å²) in [4.78, 5) is 0. The lowest BCUT2D eigenvalue weighted by Gasteiger charge is -2.18. The van der Waals surface area contributed by atoms with E-state index in [1.807, 2.05) is 25.1 Å². The van der Waals surface area contributed by atoms with E-state index in [0.717, 1.165) is 21.7 Å².